The molecular weight excluding hydrogens is 396 g/mol. The fraction of sp³-hybridized carbons (Fsp3) is 0.292. The summed E-state index contributed by atoms with van der Waals surface area (Å²) in [7, 11) is 0. The highest BCUT2D eigenvalue weighted by Crippen LogP contribution is 2.30. The second kappa shape index (κ2) is 8.33. The van der Waals surface area contributed by atoms with Crippen molar-refractivity contribution in [1.82, 2.24) is 14.7 Å². The van der Waals surface area contributed by atoms with Crippen LogP contribution in [0.3, 0.4) is 0 Å². The van der Waals surface area contributed by atoms with E-state index in [-0.39, 0.29) is 5.91 Å². The van der Waals surface area contributed by atoms with Crippen LogP contribution in [0.5, 0.6) is 0 Å². The fourth-order valence-corrected chi connectivity index (χ4v) is 4.28. The summed E-state index contributed by atoms with van der Waals surface area (Å²) in [6, 6.07) is 15.4. The van der Waals surface area contributed by atoms with Crippen molar-refractivity contribution in [1.29, 1.82) is 5.26 Å². The molecule has 5 nitrogen and oxygen atoms in total. The van der Waals surface area contributed by atoms with Gasteiger partial charge in [-0.25, -0.2) is 0 Å². The molecule has 0 saturated carbocycles. The summed E-state index contributed by atoms with van der Waals surface area (Å²) in [6.45, 7) is 6.34. The zero-order valence-electron chi connectivity index (χ0n) is 17.2. The van der Waals surface area contributed by atoms with E-state index in [0.29, 0.717) is 17.1 Å². The molecule has 0 N–H and O–H groups in total. The minimum Gasteiger partial charge on any atom is -0.339 e. The predicted molar refractivity (Wildman–Crippen MR) is 118 cm³/mol. The number of hydrogen-bond donors (Lipinski definition) is 0. The van der Waals surface area contributed by atoms with E-state index in [1.165, 1.54) is 0 Å². The number of carbonyl (C=O) groups is 1. The number of carbonyl (C=O) groups excluding carboxylic acids is 1. The summed E-state index contributed by atoms with van der Waals surface area (Å²) < 4.78 is 1.97. The molecule has 6 heteroatoms. The molecule has 1 aliphatic heterocycles. The van der Waals surface area contributed by atoms with E-state index in [0.717, 1.165) is 59.6 Å². The van der Waals surface area contributed by atoms with Crippen molar-refractivity contribution in [3.8, 4) is 17.2 Å². The van der Waals surface area contributed by atoms with E-state index in [1.54, 1.807) is 6.07 Å². The summed E-state index contributed by atoms with van der Waals surface area (Å²) in [6.07, 6.45) is 2.18. The fourth-order valence-electron chi connectivity index (χ4n) is 4.06. The number of amides is 1. The second-order valence-corrected chi connectivity index (χ2v) is 8.11. The van der Waals surface area contributed by atoms with Crippen molar-refractivity contribution >= 4 is 17.5 Å². The Labute approximate surface area is 181 Å². The maximum Gasteiger partial charge on any atom is 0.253 e. The van der Waals surface area contributed by atoms with Crippen LogP contribution in [0.25, 0.3) is 11.1 Å². The average molecular weight is 419 g/mol. The first-order chi connectivity index (χ1) is 14.5. The van der Waals surface area contributed by atoms with Gasteiger partial charge in [0.1, 0.15) is 6.07 Å². The molecule has 0 atom stereocenters. The topological polar surface area (TPSA) is 61.9 Å². The van der Waals surface area contributed by atoms with Crippen molar-refractivity contribution < 1.29 is 4.79 Å². The van der Waals surface area contributed by atoms with Crippen molar-refractivity contribution in [2.45, 2.75) is 33.2 Å². The third-order valence-corrected chi connectivity index (χ3v) is 6.00. The van der Waals surface area contributed by atoms with Crippen molar-refractivity contribution in [3.05, 3.63) is 75.6 Å². The summed E-state index contributed by atoms with van der Waals surface area (Å²) in [5.74, 6) is 0.116. The number of halogens is 1. The number of aryl methyl sites for hydroxylation is 1. The Morgan fingerprint density at radius 1 is 1.13 bits per heavy atom. The monoisotopic (exact) mass is 418 g/mol. The molecule has 152 valence electrons. The molecule has 0 spiro atoms. The lowest BCUT2D eigenvalue weighted by molar-refractivity contribution is 0.0793. The Morgan fingerprint density at radius 3 is 2.47 bits per heavy atom. The van der Waals surface area contributed by atoms with Gasteiger partial charge in [0, 0.05) is 29.9 Å². The number of nitrogens with zero attached hydrogens (tertiary/aromatic N) is 4. The van der Waals surface area contributed by atoms with E-state index in [9.17, 15) is 4.79 Å². The van der Waals surface area contributed by atoms with Gasteiger partial charge in [0.15, 0.2) is 0 Å². The van der Waals surface area contributed by atoms with Gasteiger partial charge in [0.05, 0.1) is 22.8 Å². The molecule has 2 aromatic carbocycles. The second-order valence-electron chi connectivity index (χ2n) is 7.71. The molecule has 4 rings (SSSR count). The van der Waals surface area contributed by atoms with Gasteiger partial charge in [-0.15, -0.1) is 0 Å². The normalized spacial score (nSPS) is 13.5. The van der Waals surface area contributed by atoms with Gasteiger partial charge in [-0.1, -0.05) is 29.8 Å². The molecule has 2 heterocycles. The maximum absolute atomic E-state index is 12.5. The number of benzene rings is 2. The van der Waals surface area contributed by atoms with E-state index >= 15 is 0 Å². The lowest BCUT2D eigenvalue weighted by Gasteiger charge is -2.15. The molecule has 30 heavy (non-hydrogen) atoms. The smallest absolute Gasteiger partial charge is 0.253 e. The van der Waals surface area contributed by atoms with Crippen LogP contribution in [0.15, 0.2) is 42.5 Å². The van der Waals surface area contributed by atoms with Crippen molar-refractivity contribution in [3.63, 3.8) is 0 Å². The molecule has 1 amide bonds. The summed E-state index contributed by atoms with van der Waals surface area (Å²) in [4.78, 5) is 14.4. The molecule has 1 saturated heterocycles. The molecular formula is C24H23ClN4O. The first-order valence-corrected chi connectivity index (χ1v) is 10.5. The predicted octanol–water partition coefficient (Wildman–Crippen LogP) is 4.98. The lowest BCUT2D eigenvalue weighted by atomic mass is 10.0. The van der Waals surface area contributed by atoms with E-state index < -0.39 is 0 Å². The largest absolute Gasteiger partial charge is 0.339 e. The number of nitriles is 1. The Morgan fingerprint density at radius 2 is 1.83 bits per heavy atom. The molecule has 1 fully saturated rings. The summed E-state index contributed by atoms with van der Waals surface area (Å²) in [5.41, 5.74) is 6.21. The number of hydrogen-bond acceptors (Lipinski definition) is 3. The first-order valence-electron chi connectivity index (χ1n) is 10.1. The van der Waals surface area contributed by atoms with Crippen LogP contribution in [0, 0.1) is 25.2 Å². The van der Waals surface area contributed by atoms with E-state index in [4.69, 9.17) is 22.0 Å². The van der Waals surface area contributed by atoms with Gasteiger partial charge in [0.25, 0.3) is 5.91 Å². The van der Waals surface area contributed by atoms with Gasteiger partial charge in [0.2, 0.25) is 0 Å². The SMILES string of the molecule is Cc1nn(Cc2ccc(C(=O)N3CCCC3)cc2)c(C)c1-c1ccc(C#N)c(Cl)c1. The van der Waals surface area contributed by atoms with E-state index in [2.05, 4.69) is 6.07 Å². The minimum absolute atomic E-state index is 0.116. The van der Waals surface area contributed by atoms with Crippen molar-refractivity contribution in [2.75, 3.05) is 13.1 Å². The zero-order valence-corrected chi connectivity index (χ0v) is 17.9. The van der Waals surface area contributed by atoms with Gasteiger partial charge in [-0.3, -0.25) is 9.48 Å². The van der Waals surface area contributed by atoms with Crippen LogP contribution in [-0.4, -0.2) is 33.7 Å². The molecule has 0 unspecified atom stereocenters. The van der Waals surface area contributed by atoms with Crippen molar-refractivity contribution in [2.24, 2.45) is 0 Å². The highest BCUT2D eigenvalue weighted by Gasteiger charge is 2.19. The van der Waals surface area contributed by atoms with Crippen LogP contribution in [0.2, 0.25) is 5.02 Å². The molecule has 0 aliphatic carbocycles. The Balaban J connectivity index is 1.56. The Bertz CT molecular complexity index is 1140. The highest BCUT2D eigenvalue weighted by molar-refractivity contribution is 6.32. The average Bonchev–Trinajstić information content (AvgIpc) is 3.37. The van der Waals surface area contributed by atoms with Gasteiger partial charge < -0.3 is 4.90 Å². The molecule has 0 bridgehead atoms. The Kier molecular flexibility index (Phi) is 5.61. The zero-order chi connectivity index (χ0) is 21.3. The number of aromatic nitrogens is 2. The third kappa shape index (κ3) is 3.83. The highest BCUT2D eigenvalue weighted by atomic mass is 35.5. The first kappa shape index (κ1) is 20.2. The molecule has 1 aliphatic rings. The van der Waals surface area contributed by atoms with Crippen LogP contribution in [0.1, 0.15) is 45.7 Å². The lowest BCUT2D eigenvalue weighted by Crippen LogP contribution is -2.27. The minimum atomic E-state index is 0.116. The van der Waals surface area contributed by atoms with E-state index in [1.807, 2.05) is 59.8 Å². The van der Waals surface area contributed by atoms with Crippen LogP contribution in [0.4, 0.5) is 0 Å². The number of rotatable bonds is 4. The van der Waals surface area contributed by atoms with Gasteiger partial charge in [-0.2, -0.15) is 10.4 Å². The van der Waals surface area contributed by atoms with Gasteiger partial charge in [-0.05, 0) is 62.1 Å². The maximum atomic E-state index is 12.5. The Hall–Kier alpha value is -3.10. The molecule has 0 radical (unpaired) electrons. The number of likely N-dealkylation sites (tertiary alicyclic amines) is 1. The standard InChI is InChI=1S/C24H23ClN4O/c1-16-23(20-9-10-21(14-26)22(25)13-20)17(2)29(27-16)15-18-5-7-19(8-6-18)24(30)28-11-3-4-12-28/h5-10,13H,3-4,11-12,15H2,1-2H3. The summed E-state index contributed by atoms with van der Waals surface area (Å²) >= 11 is 6.23. The van der Waals surface area contributed by atoms with Crippen LogP contribution in [-0.2, 0) is 6.54 Å². The van der Waals surface area contributed by atoms with Crippen LogP contribution >= 0.6 is 11.6 Å². The molecule has 1 aromatic heterocycles. The summed E-state index contributed by atoms with van der Waals surface area (Å²) in [5, 5.41) is 14.3. The quantitative estimate of drug-likeness (QED) is 0.600. The van der Waals surface area contributed by atoms with Gasteiger partial charge >= 0.3 is 0 Å². The van der Waals surface area contributed by atoms with Crippen LogP contribution < -0.4 is 0 Å². The molecule has 3 aromatic rings. The third-order valence-electron chi connectivity index (χ3n) is 5.69.